The number of thioether (sulfide) groups is 1. The molecule has 31 heavy (non-hydrogen) atoms. The summed E-state index contributed by atoms with van der Waals surface area (Å²) in [4.78, 5) is 20.4. The number of benzene rings is 3. The molecule has 4 rings (SSSR count). The van der Waals surface area contributed by atoms with E-state index in [0.29, 0.717) is 10.1 Å². The summed E-state index contributed by atoms with van der Waals surface area (Å²) < 4.78 is 0. The van der Waals surface area contributed by atoms with Crippen LogP contribution in [0.15, 0.2) is 82.7 Å². The molecule has 3 aromatic rings. The Balaban J connectivity index is 1.75. The minimum Gasteiger partial charge on any atom is -0.508 e. The summed E-state index contributed by atoms with van der Waals surface area (Å²) in [5.74, 6) is 0.0447. The van der Waals surface area contributed by atoms with Crippen LogP contribution in [0.4, 0.5) is 11.4 Å². The molecule has 1 fully saturated rings. The number of aryl methyl sites for hydroxylation is 2. The summed E-state index contributed by atoms with van der Waals surface area (Å²) >= 11 is 1.34. The van der Waals surface area contributed by atoms with Crippen molar-refractivity contribution in [3.63, 3.8) is 0 Å². The number of phenols is 1. The molecule has 0 unspecified atom stereocenters. The van der Waals surface area contributed by atoms with Gasteiger partial charge in [0, 0.05) is 0 Å². The maximum atomic E-state index is 13.3. The summed E-state index contributed by atoms with van der Waals surface area (Å²) in [7, 11) is 0. The number of carbonyl (C=O) groups is 1. The highest BCUT2D eigenvalue weighted by atomic mass is 32.2. The van der Waals surface area contributed by atoms with Crippen molar-refractivity contribution >= 4 is 40.3 Å². The third-order valence-corrected chi connectivity index (χ3v) is 6.12. The molecular weight excluding hydrogens is 404 g/mol. The number of anilines is 1. The van der Waals surface area contributed by atoms with Gasteiger partial charge in [-0.3, -0.25) is 9.69 Å². The van der Waals surface area contributed by atoms with E-state index >= 15 is 0 Å². The van der Waals surface area contributed by atoms with E-state index in [9.17, 15) is 9.90 Å². The minimum atomic E-state index is -0.124. The van der Waals surface area contributed by atoms with Gasteiger partial charge in [0.2, 0.25) is 0 Å². The Morgan fingerprint density at radius 2 is 1.58 bits per heavy atom. The van der Waals surface area contributed by atoms with Gasteiger partial charge in [0.05, 0.1) is 16.3 Å². The van der Waals surface area contributed by atoms with E-state index in [4.69, 9.17) is 4.99 Å². The molecule has 5 heteroatoms. The molecule has 0 aromatic heterocycles. The van der Waals surface area contributed by atoms with Gasteiger partial charge in [0.25, 0.3) is 5.91 Å². The number of hydrogen-bond donors (Lipinski definition) is 1. The molecule has 0 radical (unpaired) electrons. The highest BCUT2D eigenvalue weighted by Crippen LogP contribution is 2.37. The Morgan fingerprint density at radius 1 is 0.935 bits per heavy atom. The first-order valence-electron chi connectivity index (χ1n) is 10.4. The number of amidine groups is 1. The van der Waals surface area contributed by atoms with Gasteiger partial charge in [-0.05, 0) is 83.8 Å². The molecule has 1 N–H and O–H groups in total. The molecule has 0 saturated carbocycles. The topological polar surface area (TPSA) is 52.9 Å². The van der Waals surface area contributed by atoms with E-state index in [1.165, 1.54) is 22.9 Å². The Hall–Kier alpha value is -3.31. The third kappa shape index (κ3) is 4.72. The van der Waals surface area contributed by atoms with Crippen LogP contribution in [0.5, 0.6) is 5.75 Å². The summed E-state index contributed by atoms with van der Waals surface area (Å²) in [5.41, 5.74) is 4.83. The standard InChI is InChI=1S/C26H24N2O2S/c1-3-18-8-12-21(13-9-18)27-26-28(22-14-10-19(4-2)11-15-22)25(30)24(31-26)17-20-6-5-7-23(29)16-20/h5-17,29H,3-4H2,1-2H3/b24-17-,27-26?. The minimum absolute atomic E-state index is 0.124. The first kappa shape index (κ1) is 20.9. The zero-order valence-corrected chi connectivity index (χ0v) is 18.4. The molecule has 4 nitrogen and oxygen atoms in total. The quantitative estimate of drug-likeness (QED) is 0.484. The predicted octanol–water partition coefficient (Wildman–Crippen LogP) is 6.33. The van der Waals surface area contributed by atoms with E-state index in [0.717, 1.165) is 29.8 Å². The summed E-state index contributed by atoms with van der Waals surface area (Å²) in [6, 6.07) is 23.0. The molecule has 0 spiro atoms. The van der Waals surface area contributed by atoms with Gasteiger partial charge in [-0.2, -0.15) is 0 Å². The van der Waals surface area contributed by atoms with Crippen LogP contribution in [0.3, 0.4) is 0 Å². The summed E-state index contributed by atoms with van der Waals surface area (Å²) in [6.07, 6.45) is 3.70. The molecule has 0 bridgehead atoms. The van der Waals surface area contributed by atoms with Crippen LogP contribution in [0.25, 0.3) is 6.08 Å². The molecule has 1 aliphatic heterocycles. The van der Waals surface area contributed by atoms with E-state index in [-0.39, 0.29) is 11.7 Å². The van der Waals surface area contributed by atoms with Crippen molar-refractivity contribution in [2.75, 3.05) is 4.90 Å². The fourth-order valence-corrected chi connectivity index (χ4v) is 4.34. The lowest BCUT2D eigenvalue weighted by atomic mass is 10.1. The van der Waals surface area contributed by atoms with Crippen molar-refractivity contribution in [1.29, 1.82) is 0 Å². The second kappa shape index (κ2) is 9.23. The van der Waals surface area contributed by atoms with Crippen molar-refractivity contribution in [2.45, 2.75) is 26.7 Å². The van der Waals surface area contributed by atoms with Gasteiger partial charge in [0.15, 0.2) is 5.17 Å². The van der Waals surface area contributed by atoms with Gasteiger partial charge in [0.1, 0.15) is 5.75 Å². The molecule has 156 valence electrons. The van der Waals surface area contributed by atoms with Crippen LogP contribution in [0.1, 0.15) is 30.5 Å². The number of carbonyl (C=O) groups excluding carboxylic acids is 1. The van der Waals surface area contributed by atoms with Crippen molar-refractivity contribution < 1.29 is 9.90 Å². The molecule has 1 aliphatic rings. The normalized spacial score (nSPS) is 16.5. The van der Waals surface area contributed by atoms with Crippen molar-refractivity contribution in [3.05, 3.63) is 94.4 Å². The fraction of sp³-hybridized carbons (Fsp3) is 0.154. The van der Waals surface area contributed by atoms with Gasteiger partial charge >= 0.3 is 0 Å². The first-order valence-corrected chi connectivity index (χ1v) is 11.2. The number of phenolic OH excluding ortho intramolecular Hbond substituents is 1. The van der Waals surface area contributed by atoms with Crippen molar-refractivity contribution in [1.82, 2.24) is 0 Å². The van der Waals surface area contributed by atoms with Gasteiger partial charge < -0.3 is 5.11 Å². The fourth-order valence-electron chi connectivity index (χ4n) is 3.34. The van der Waals surface area contributed by atoms with E-state index in [2.05, 4.69) is 26.0 Å². The van der Waals surface area contributed by atoms with E-state index in [1.54, 1.807) is 29.2 Å². The van der Waals surface area contributed by atoms with Crippen LogP contribution in [0, 0.1) is 0 Å². The van der Waals surface area contributed by atoms with Crippen LogP contribution in [-0.4, -0.2) is 16.2 Å². The van der Waals surface area contributed by atoms with Crippen LogP contribution < -0.4 is 4.90 Å². The number of hydrogen-bond acceptors (Lipinski definition) is 4. The molecule has 0 atom stereocenters. The highest BCUT2D eigenvalue weighted by Gasteiger charge is 2.34. The van der Waals surface area contributed by atoms with E-state index < -0.39 is 0 Å². The van der Waals surface area contributed by atoms with Crippen molar-refractivity contribution in [3.8, 4) is 5.75 Å². The Labute approximate surface area is 187 Å². The monoisotopic (exact) mass is 428 g/mol. The lowest BCUT2D eigenvalue weighted by Crippen LogP contribution is -2.28. The summed E-state index contributed by atoms with van der Waals surface area (Å²) in [5, 5.41) is 10.4. The van der Waals surface area contributed by atoms with Gasteiger partial charge in [-0.1, -0.05) is 50.2 Å². The number of nitrogens with zero attached hydrogens (tertiary/aromatic N) is 2. The molecule has 1 saturated heterocycles. The first-order chi connectivity index (χ1) is 15.1. The molecular formula is C26H24N2O2S. The third-order valence-electron chi connectivity index (χ3n) is 5.15. The Bertz CT molecular complexity index is 1150. The zero-order valence-electron chi connectivity index (χ0n) is 17.6. The average Bonchev–Trinajstić information content (AvgIpc) is 3.09. The largest absolute Gasteiger partial charge is 0.508 e. The van der Waals surface area contributed by atoms with Crippen LogP contribution >= 0.6 is 11.8 Å². The zero-order chi connectivity index (χ0) is 21.8. The van der Waals surface area contributed by atoms with E-state index in [1.807, 2.05) is 42.5 Å². The maximum absolute atomic E-state index is 13.3. The lowest BCUT2D eigenvalue weighted by Gasteiger charge is -2.16. The summed E-state index contributed by atoms with van der Waals surface area (Å²) in [6.45, 7) is 4.22. The Kier molecular flexibility index (Phi) is 6.23. The smallest absolute Gasteiger partial charge is 0.271 e. The molecule has 1 amide bonds. The van der Waals surface area contributed by atoms with Gasteiger partial charge in [-0.25, -0.2) is 4.99 Å². The lowest BCUT2D eigenvalue weighted by molar-refractivity contribution is -0.113. The highest BCUT2D eigenvalue weighted by molar-refractivity contribution is 8.19. The molecule has 3 aromatic carbocycles. The molecule has 0 aliphatic carbocycles. The second-order valence-electron chi connectivity index (χ2n) is 7.28. The van der Waals surface area contributed by atoms with Crippen molar-refractivity contribution in [2.24, 2.45) is 4.99 Å². The average molecular weight is 429 g/mol. The molecule has 1 heterocycles. The number of aromatic hydroxyl groups is 1. The van der Waals surface area contributed by atoms with Crippen LogP contribution in [-0.2, 0) is 17.6 Å². The second-order valence-corrected chi connectivity index (χ2v) is 8.29. The maximum Gasteiger partial charge on any atom is 0.271 e. The SMILES string of the molecule is CCc1ccc(N=C2S/C(=C\c3cccc(O)c3)C(=O)N2c2ccc(CC)cc2)cc1. The number of aliphatic imine (C=N–C) groups is 1. The number of rotatable bonds is 5. The Morgan fingerprint density at radius 3 is 2.19 bits per heavy atom. The van der Waals surface area contributed by atoms with Crippen LogP contribution in [0.2, 0.25) is 0 Å². The predicted molar refractivity (Wildman–Crippen MR) is 130 cm³/mol. The van der Waals surface area contributed by atoms with Gasteiger partial charge in [-0.15, -0.1) is 0 Å². The number of amides is 1.